The van der Waals surface area contributed by atoms with Crippen LogP contribution in [0, 0.1) is 5.41 Å². The van der Waals surface area contributed by atoms with E-state index in [4.69, 9.17) is 5.73 Å². The predicted molar refractivity (Wildman–Crippen MR) is 92.9 cm³/mol. The molecule has 0 aromatic carbocycles. The highest BCUT2D eigenvalue weighted by atomic mass is 32.2. The molecule has 5 nitrogen and oxygen atoms in total. The molecule has 2 rings (SSSR count). The maximum atomic E-state index is 13.0. The summed E-state index contributed by atoms with van der Waals surface area (Å²) in [6.45, 7) is 3.33. The van der Waals surface area contributed by atoms with Gasteiger partial charge in [-0.3, -0.25) is 4.79 Å². The first-order valence-electron chi connectivity index (χ1n) is 9.11. The fourth-order valence-corrected chi connectivity index (χ4v) is 5.77. The van der Waals surface area contributed by atoms with Crippen molar-refractivity contribution in [2.45, 2.75) is 70.8 Å². The van der Waals surface area contributed by atoms with E-state index in [2.05, 4.69) is 6.92 Å². The molecule has 2 fully saturated rings. The molecule has 0 radical (unpaired) electrons. The number of unbranched alkanes of at least 4 members (excludes halogenated alkanes) is 1. The zero-order valence-corrected chi connectivity index (χ0v) is 15.2. The van der Waals surface area contributed by atoms with Crippen LogP contribution in [0.1, 0.15) is 64.7 Å². The van der Waals surface area contributed by atoms with Crippen molar-refractivity contribution in [3.05, 3.63) is 0 Å². The molecule has 0 aromatic heterocycles. The highest BCUT2D eigenvalue weighted by molar-refractivity contribution is 7.91. The van der Waals surface area contributed by atoms with Gasteiger partial charge in [-0.05, 0) is 37.6 Å². The van der Waals surface area contributed by atoms with Crippen molar-refractivity contribution in [2.75, 3.05) is 24.6 Å². The van der Waals surface area contributed by atoms with E-state index in [1.165, 1.54) is 6.42 Å². The summed E-state index contributed by atoms with van der Waals surface area (Å²) in [7, 11) is -2.97. The molecule has 134 valence electrons. The van der Waals surface area contributed by atoms with E-state index in [-0.39, 0.29) is 28.9 Å². The zero-order chi connectivity index (χ0) is 16.9. The average molecular weight is 345 g/mol. The number of sulfone groups is 1. The molecule has 2 aliphatic rings. The van der Waals surface area contributed by atoms with E-state index in [1.54, 1.807) is 0 Å². The fraction of sp³-hybridized carbons (Fsp3) is 0.941. The van der Waals surface area contributed by atoms with Crippen molar-refractivity contribution in [1.82, 2.24) is 4.90 Å². The Bertz CT molecular complexity index is 498. The molecule has 6 heteroatoms. The SMILES string of the molecule is CCCCN(C(=O)CC1(CN)CCCCC1)C1CCS(=O)(=O)C1. The summed E-state index contributed by atoms with van der Waals surface area (Å²) in [4.78, 5) is 14.8. The summed E-state index contributed by atoms with van der Waals surface area (Å²) in [6, 6.07) is -0.127. The summed E-state index contributed by atoms with van der Waals surface area (Å²) < 4.78 is 23.6. The molecule has 23 heavy (non-hydrogen) atoms. The van der Waals surface area contributed by atoms with Crippen LogP contribution in [-0.2, 0) is 14.6 Å². The molecule has 0 aromatic rings. The van der Waals surface area contributed by atoms with Gasteiger partial charge >= 0.3 is 0 Å². The molecule has 1 atom stereocenters. The standard InChI is InChI=1S/C17H32N2O3S/c1-2-3-10-19(15-7-11-23(21,22)13-15)16(20)12-17(14-18)8-5-4-6-9-17/h15H,2-14,18H2,1H3. The topological polar surface area (TPSA) is 80.5 Å². The van der Waals surface area contributed by atoms with Crippen LogP contribution in [0.4, 0.5) is 0 Å². The van der Waals surface area contributed by atoms with E-state index in [0.29, 0.717) is 25.9 Å². The third kappa shape index (κ3) is 4.92. The number of hydrogen-bond donors (Lipinski definition) is 1. The normalized spacial score (nSPS) is 26.1. The van der Waals surface area contributed by atoms with Crippen LogP contribution in [0.3, 0.4) is 0 Å². The van der Waals surface area contributed by atoms with Crippen LogP contribution >= 0.6 is 0 Å². The molecule has 1 unspecified atom stereocenters. The third-order valence-electron chi connectivity index (χ3n) is 5.60. The Kier molecular flexibility index (Phi) is 6.48. The molecule has 1 saturated carbocycles. The largest absolute Gasteiger partial charge is 0.339 e. The molecule has 1 amide bonds. The third-order valence-corrected chi connectivity index (χ3v) is 7.35. The van der Waals surface area contributed by atoms with Crippen molar-refractivity contribution in [2.24, 2.45) is 11.1 Å². The minimum atomic E-state index is -2.97. The Morgan fingerprint density at radius 3 is 2.48 bits per heavy atom. The first-order valence-corrected chi connectivity index (χ1v) is 10.9. The van der Waals surface area contributed by atoms with E-state index < -0.39 is 9.84 Å². The van der Waals surface area contributed by atoms with Crippen LogP contribution in [-0.4, -0.2) is 49.9 Å². The maximum Gasteiger partial charge on any atom is 0.223 e. The lowest BCUT2D eigenvalue weighted by Crippen LogP contribution is -2.45. The van der Waals surface area contributed by atoms with Crippen molar-refractivity contribution >= 4 is 15.7 Å². The number of rotatable bonds is 7. The Morgan fingerprint density at radius 1 is 1.26 bits per heavy atom. The molecule has 1 aliphatic heterocycles. The Labute approximate surface area is 140 Å². The van der Waals surface area contributed by atoms with Gasteiger partial charge in [-0.15, -0.1) is 0 Å². The van der Waals surface area contributed by atoms with Gasteiger partial charge in [-0.2, -0.15) is 0 Å². The summed E-state index contributed by atoms with van der Waals surface area (Å²) >= 11 is 0. The lowest BCUT2D eigenvalue weighted by molar-refractivity contribution is -0.136. The summed E-state index contributed by atoms with van der Waals surface area (Å²) in [5.41, 5.74) is 5.96. The van der Waals surface area contributed by atoms with Crippen LogP contribution in [0.5, 0.6) is 0 Å². The van der Waals surface area contributed by atoms with Gasteiger partial charge in [0.15, 0.2) is 9.84 Å². The lowest BCUT2D eigenvalue weighted by atomic mass is 9.71. The summed E-state index contributed by atoms with van der Waals surface area (Å²) in [6.07, 6.45) is 8.60. The van der Waals surface area contributed by atoms with Crippen molar-refractivity contribution in [3.63, 3.8) is 0 Å². The molecule has 1 saturated heterocycles. The van der Waals surface area contributed by atoms with Crippen LogP contribution in [0.2, 0.25) is 0 Å². The molecule has 2 N–H and O–H groups in total. The van der Waals surface area contributed by atoms with Crippen molar-refractivity contribution in [1.29, 1.82) is 0 Å². The van der Waals surface area contributed by atoms with Crippen LogP contribution < -0.4 is 5.73 Å². The summed E-state index contributed by atoms with van der Waals surface area (Å²) in [5.74, 6) is 0.473. The zero-order valence-electron chi connectivity index (χ0n) is 14.4. The summed E-state index contributed by atoms with van der Waals surface area (Å²) in [5, 5.41) is 0. The first-order chi connectivity index (χ1) is 10.9. The second-order valence-corrected chi connectivity index (χ2v) is 9.67. The maximum absolute atomic E-state index is 13.0. The minimum Gasteiger partial charge on any atom is -0.339 e. The second-order valence-electron chi connectivity index (χ2n) is 7.44. The monoisotopic (exact) mass is 344 g/mol. The molecule has 1 aliphatic carbocycles. The molecule has 0 bridgehead atoms. The first kappa shape index (κ1) is 18.7. The second kappa shape index (κ2) is 7.97. The van der Waals surface area contributed by atoms with E-state index >= 15 is 0 Å². The van der Waals surface area contributed by atoms with E-state index in [0.717, 1.165) is 38.5 Å². The molecular formula is C17H32N2O3S. The molecule has 1 heterocycles. The number of carbonyl (C=O) groups excluding carboxylic acids is 1. The minimum absolute atomic E-state index is 0.0583. The number of hydrogen-bond acceptors (Lipinski definition) is 4. The van der Waals surface area contributed by atoms with Crippen LogP contribution in [0.25, 0.3) is 0 Å². The average Bonchev–Trinajstić information content (AvgIpc) is 2.88. The van der Waals surface area contributed by atoms with Gasteiger partial charge in [0, 0.05) is 19.0 Å². The highest BCUT2D eigenvalue weighted by Gasteiger charge is 2.38. The molecule has 0 spiro atoms. The van der Waals surface area contributed by atoms with E-state index in [1.807, 2.05) is 4.90 Å². The van der Waals surface area contributed by atoms with E-state index in [9.17, 15) is 13.2 Å². The van der Waals surface area contributed by atoms with Crippen molar-refractivity contribution in [3.8, 4) is 0 Å². The molecular weight excluding hydrogens is 312 g/mol. The van der Waals surface area contributed by atoms with Gasteiger partial charge in [0.1, 0.15) is 0 Å². The smallest absolute Gasteiger partial charge is 0.223 e. The van der Waals surface area contributed by atoms with Gasteiger partial charge in [0.2, 0.25) is 5.91 Å². The number of nitrogens with zero attached hydrogens (tertiary/aromatic N) is 1. The van der Waals surface area contributed by atoms with Gasteiger partial charge in [-0.1, -0.05) is 32.6 Å². The van der Waals surface area contributed by atoms with Crippen LogP contribution in [0.15, 0.2) is 0 Å². The highest BCUT2D eigenvalue weighted by Crippen LogP contribution is 2.39. The van der Waals surface area contributed by atoms with Gasteiger partial charge in [-0.25, -0.2) is 8.42 Å². The van der Waals surface area contributed by atoms with Gasteiger partial charge in [0.25, 0.3) is 0 Å². The number of amides is 1. The quantitative estimate of drug-likeness (QED) is 0.767. The Morgan fingerprint density at radius 2 is 1.96 bits per heavy atom. The van der Waals surface area contributed by atoms with Gasteiger partial charge in [0.05, 0.1) is 11.5 Å². The number of nitrogens with two attached hydrogens (primary N) is 1. The Balaban J connectivity index is 2.06. The fourth-order valence-electron chi connectivity index (χ4n) is 4.04. The predicted octanol–water partition coefficient (Wildman–Crippen LogP) is 2.10. The van der Waals surface area contributed by atoms with Crippen molar-refractivity contribution < 1.29 is 13.2 Å². The Hall–Kier alpha value is -0.620. The lowest BCUT2D eigenvalue weighted by Gasteiger charge is -2.38. The van der Waals surface area contributed by atoms with Gasteiger partial charge < -0.3 is 10.6 Å². The number of carbonyl (C=O) groups is 1.